The Morgan fingerprint density at radius 3 is 2.29 bits per heavy atom. The minimum atomic E-state index is -0.809. The zero-order valence-corrected chi connectivity index (χ0v) is 20.6. The Hall–Kier alpha value is -3.76. The highest BCUT2D eigenvalue weighted by molar-refractivity contribution is 5.99. The molecule has 0 spiro atoms. The van der Waals surface area contributed by atoms with E-state index in [9.17, 15) is 24.3 Å². The first kappa shape index (κ1) is 26.5. The normalized spacial score (nSPS) is 11.9. The van der Waals surface area contributed by atoms with Crippen LogP contribution in [0.15, 0.2) is 27.8 Å². The maximum atomic E-state index is 13.1. The van der Waals surface area contributed by atoms with E-state index in [0.717, 1.165) is 4.68 Å². The molecule has 11 heteroatoms. The summed E-state index contributed by atoms with van der Waals surface area (Å²) in [6.07, 6.45) is 0. The number of amides is 2. The van der Waals surface area contributed by atoms with Crippen molar-refractivity contribution in [1.29, 1.82) is 0 Å². The summed E-state index contributed by atoms with van der Waals surface area (Å²) in [5, 5.41) is 21.8. The molecule has 0 fully saturated rings. The number of phenolic OH excluding ortho intramolecular Hbond substituents is 1. The second-order valence-electron chi connectivity index (χ2n) is 8.80. The summed E-state index contributed by atoms with van der Waals surface area (Å²) < 4.78 is 1.11. The Labute approximate surface area is 198 Å². The number of anilines is 3. The lowest BCUT2D eigenvalue weighted by atomic mass is 10.0. The van der Waals surface area contributed by atoms with E-state index < -0.39 is 23.1 Å². The molecule has 5 N–H and O–H groups in total. The Morgan fingerprint density at radius 1 is 1.12 bits per heavy atom. The van der Waals surface area contributed by atoms with Crippen LogP contribution >= 0.6 is 0 Å². The number of aryl methyl sites for hydroxylation is 1. The maximum Gasteiger partial charge on any atom is 0.291 e. The third kappa shape index (κ3) is 5.77. The van der Waals surface area contributed by atoms with Crippen LogP contribution in [0.3, 0.4) is 0 Å². The molecular weight excluding hydrogens is 440 g/mol. The van der Waals surface area contributed by atoms with Crippen LogP contribution in [-0.4, -0.2) is 57.8 Å². The van der Waals surface area contributed by atoms with Crippen molar-refractivity contribution >= 4 is 28.9 Å². The summed E-state index contributed by atoms with van der Waals surface area (Å²) in [4.78, 5) is 52.6. The summed E-state index contributed by atoms with van der Waals surface area (Å²) in [6, 6.07) is 3.55. The van der Waals surface area contributed by atoms with E-state index in [1.54, 1.807) is 27.1 Å². The summed E-state index contributed by atoms with van der Waals surface area (Å²) in [6.45, 7) is 9.15. The van der Waals surface area contributed by atoms with E-state index in [4.69, 9.17) is 0 Å². The van der Waals surface area contributed by atoms with E-state index >= 15 is 0 Å². The second kappa shape index (κ2) is 10.9. The molecule has 186 valence electrons. The average Bonchev–Trinajstić information content (AvgIpc) is 2.75. The highest BCUT2D eigenvalue weighted by atomic mass is 16.3. The van der Waals surface area contributed by atoms with Crippen LogP contribution in [0.2, 0.25) is 0 Å². The molecule has 0 saturated carbocycles. The van der Waals surface area contributed by atoms with E-state index in [1.807, 2.05) is 27.7 Å². The van der Waals surface area contributed by atoms with Crippen molar-refractivity contribution in [3.8, 4) is 5.75 Å². The highest BCUT2D eigenvalue weighted by Gasteiger charge is 2.27. The van der Waals surface area contributed by atoms with Crippen LogP contribution in [0, 0.1) is 5.92 Å². The molecular formula is C23H34N6O5. The molecule has 2 rings (SSSR count). The lowest BCUT2D eigenvalue weighted by Crippen LogP contribution is -2.47. The van der Waals surface area contributed by atoms with Crippen molar-refractivity contribution in [3.63, 3.8) is 0 Å². The molecule has 1 unspecified atom stereocenters. The minimum Gasteiger partial charge on any atom is -0.505 e. The first-order valence-electron chi connectivity index (χ1n) is 11.1. The fourth-order valence-corrected chi connectivity index (χ4v) is 3.32. The molecule has 0 saturated heterocycles. The summed E-state index contributed by atoms with van der Waals surface area (Å²) >= 11 is 0. The van der Waals surface area contributed by atoms with Crippen molar-refractivity contribution in [2.45, 2.75) is 53.2 Å². The molecule has 1 aromatic heterocycles. The molecule has 1 atom stereocenters. The number of phenols is 1. The average molecular weight is 475 g/mol. The lowest BCUT2D eigenvalue weighted by Gasteiger charge is -2.25. The van der Waals surface area contributed by atoms with Crippen molar-refractivity contribution in [2.75, 3.05) is 24.7 Å². The molecule has 2 amide bonds. The summed E-state index contributed by atoms with van der Waals surface area (Å²) in [5.74, 6) is -1.33. The van der Waals surface area contributed by atoms with Gasteiger partial charge in [-0.1, -0.05) is 19.9 Å². The molecule has 0 bridgehead atoms. The summed E-state index contributed by atoms with van der Waals surface area (Å²) in [5.41, 5.74) is -1.39. The quantitative estimate of drug-likeness (QED) is 0.347. The van der Waals surface area contributed by atoms with Gasteiger partial charge in [0, 0.05) is 26.7 Å². The predicted molar refractivity (Wildman–Crippen MR) is 132 cm³/mol. The number of aromatic amines is 1. The third-order valence-electron chi connectivity index (χ3n) is 5.10. The van der Waals surface area contributed by atoms with Crippen LogP contribution in [-0.2, 0) is 11.3 Å². The van der Waals surface area contributed by atoms with Crippen LogP contribution in [0.4, 0.5) is 17.1 Å². The molecule has 0 aliphatic rings. The smallest absolute Gasteiger partial charge is 0.291 e. The number of H-pyrrole nitrogens is 1. The number of aromatic nitrogens is 2. The van der Waals surface area contributed by atoms with E-state index in [0.29, 0.717) is 0 Å². The largest absolute Gasteiger partial charge is 0.505 e. The monoisotopic (exact) mass is 474 g/mol. The zero-order chi connectivity index (χ0) is 25.7. The third-order valence-corrected chi connectivity index (χ3v) is 5.10. The van der Waals surface area contributed by atoms with Crippen LogP contribution in [0.5, 0.6) is 5.75 Å². The number of hydrogen-bond donors (Lipinski definition) is 5. The summed E-state index contributed by atoms with van der Waals surface area (Å²) in [7, 11) is 3.10. The van der Waals surface area contributed by atoms with Gasteiger partial charge in [-0.25, -0.2) is 4.68 Å². The van der Waals surface area contributed by atoms with Gasteiger partial charge in [0.1, 0.15) is 17.4 Å². The van der Waals surface area contributed by atoms with Crippen LogP contribution in [0.1, 0.15) is 45.0 Å². The van der Waals surface area contributed by atoms with Crippen molar-refractivity contribution < 1.29 is 14.7 Å². The Bertz CT molecular complexity index is 1170. The molecule has 0 radical (unpaired) electrons. The van der Waals surface area contributed by atoms with Gasteiger partial charge in [-0.3, -0.25) is 24.3 Å². The predicted octanol–water partition coefficient (Wildman–Crippen LogP) is 1.67. The molecule has 11 nitrogen and oxygen atoms in total. The topological polar surface area (TPSA) is 149 Å². The molecule has 0 aliphatic carbocycles. The lowest BCUT2D eigenvalue weighted by molar-refractivity contribution is -0.123. The Morgan fingerprint density at radius 2 is 1.76 bits per heavy atom. The number of nitrogens with zero attached hydrogens (tertiary/aromatic N) is 2. The van der Waals surface area contributed by atoms with Gasteiger partial charge in [-0.15, -0.1) is 0 Å². The van der Waals surface area contributed by atoms with Crippen molar-refractivity contribution in [3.05, 3.63) is 44.5 Å². The number of benzene rings is 1. The van der Waals surface area contributed by atoms with Crippen molar-refractivity contribution in [2.24, 2.45) is 5.92 Å². The van der Waals surface area contributed by atoms with Gasteiger partial charge < -0.3 is 26.0 Å². The van der Waals surface area contributed by atoms with E-state index in [1.165, 1.54) is 17.0 Å². The Kier molecular flexibility index (Phi) is 8.50. The molecule has 0 aliphatic heterocycles. The Balaban J connectivity index is 2.63. The van der Waals surface area contributed by atoms with Gasteiger partial charge in [-0.05, 0) is 38.8 Å². The minimum absolute atomic E-state index is 0.0292. The number of nitrogens with one attached hydrogen (secondary N) is 4. The number of carbonyl (C=O) groups is 2. The fraction of sp³-hybridized carbons (Fsp3) is 0.478. The maximum absolute atomic E-state index is 13.1. The fourth-order valence-electron chi connectivity index (χ4n) is 3.32. The highest BCUT2D eigenvalue weighted by Crippen LogP contribution is 2.31. The zero-order valence-electron chi connectivity index (χ0n) is 20.6. The second-order valence-corrected chi connectivity index (χ2v) is 8.80. The molecule has 1 heterocycles. The number of aromatic hydroxyl groups is 1. The SMILES string of the molecule is CCn1[nH]c(=O)c(NC(C(=O)NC(C)C)C(C)C)c(Nc2cccc(C(=O)N(C)C)c2O)c1=O. The van der Waals surface area contributed by atoms with E-state index in [2.05, 4.69) is 21.0 Å². The van der Waals surface area contributed by atoms with Gasteiger partial charge in [0.25, 0.3) is 17.0 Å². The first-order chi connectivity index (χ1) is 15.9. The number of carbonyl (C=O) groups excluding carboxylic acids is 2. The molecule has 1 aromatic carbocycles. The van der Waals surface area contributed by atoms with Crippen LogP contribution in [0.25, 0.3) is 0 Å². The number of para-hydroxylation sites is 1. The molecule has 2 aromatic rings. The van der Waals surface area contributed by atoms with Crippen LogP contribution < -0.4 is 27.1 Å². The number of hydrogen-bond acceptors (Lipinski definition) is 7. The number of rotatable bonds is 9. The van der Waals surface area contributed by atoms with Gasteiger partial charge in [0.15, 0.2) is 5.75 Å². The van der Waals surface area contributed by atoms with E-state index in [-0.39, 0.29) is 52.8 Å². The van der Waals surface area contributed by atoms with Gasteiger partial charge >= 0.3 is 0 Å². The van der Waals surface area contributed by atoms with Gasteiger partial charge in [0.2, 0.25) is 5.91 Å². The standard InChI is InChI=1S/C23H34N6O5/c1-8-29-23(34)18(25-15-11-9-10-14(19(15)30)22(33)28(6)7)17(21(32)27-29)26-16(12(2)3)20(31)24-13(4)5/h9-13,16,25-26,30H,8H2,1-7H3,(H,24,31)(H,27,32). The van der Waals surface area contributed by atoms with Gasteiger partial charge in [-0.2, -0.15) is 0 Å². The van der Waals surface area contributed by atoms with Crippen molar-refractivity contribution in [1.82, 2.24) is 20.0 Å². The van der Waals surface area contributed by atoms with Gasteiger partial charge in [0.05, 0.1) is 11.3 Å². The molecule has 34 heavy (non-hydrogen) atoms. The first-order valence-corrected chi connectivity index (χ1v) is 11.1.